The van der Waals surface area contributed by atoms with Crippen molar-refractivity contribution in [1.29, 1.82) is 0 Å². The van der Waals surface area contributed by atoms with Crippen LogP contribution in [0.2, 0.25) is 5.02 Å². The Labute approximate surface area is 137 Å². The molecule has 0 atom stereocenters. The Balaban J connectivity index is 1.76. The van der Waals surface area contributed by atoms with Gasteiger partial charge in [-0.3, -0.25) is 9.88 Å². The van der Waals surface area contributed by atoms with Gasteiger partial charge in [0.1, 0.15) is 5.82 Å². The predicted molar refractivity (Wildman–Crippen MR) is 82.7 cm³/mol. The van der Waals surface area contributed by atoms with Gasteiger partial charge in [0.2, 0.25) is 0 Å². The summed E-state index contributed by atoms with van der Waals surface area (Å²) in [5, 5.41) is 9.25. The van der Waals surface area contributed by atoms with Crippen LogP contribution in [-0.2, 0) is 13.1 Å². The van der Waals surface area contributed by atoms with Crippen LogP contribution in [0.25, 0.3) is 0 Å². The van der Waals surface area contributed by atoms with E-state index in [0.717, 1.165) is 12.8 Å². The molecule has 1 heterocycles. The molecule has 1 saturated carbocycles. The Bertz CT molecular complexity index is 700. The summed E-state index contributed by atoms with van der Waals surface area (Å²) in [6, 6.07) is 5.02. The van der Waals surface area contributed by atoms with Gasteiger partial charge in [0.25, 0.3) is 0 Å². The maximum absolute atomic E-state index is 14.0. The quantitative estimate of drug-likeness (QED) is 0.878. The van der Waals surface area contributed by atoms with E-state index in [4.69, 9.17) is 16.7 Å². The lowest BCUT2D eigenvalue weighted by Crippen LogP contribution is -2.26. The van der Waals surface area contributed by atoms with Gasteiger partial charge < -0.3 is 5.11 Å². The van der Waals surface area contributed by atoms with Crippen LogP contribution < -0.4 is 0 Å². The van der Waals surface area contributed by atoms with Gasteiger partial charge in [-0.05, 0) is 25.0 Å². The normalized spacial score (nSPS) is 14.2. The highest BCUT2D eigenvalue weighted by Gasteiger charge is 2.30. The van der Waals surface area contributed by atoms with Crippen LogP contribution in [0, 0.1) is 5.82 Å². The van der Waals surface area contributed by atoms with Crippen molar-refractivity contribution < 1.29 is 14.3 Å². The van der Waals surface area contributed by atoms with Crippen molar-refractivity contribution in [2.24, 2.45) is 0 Å². The number of carboxylic acid groups (broad SMARTS) is 1. The molecule has 5 nitrogen and oxygen atoms in total. The molecule has 0 saturated heterocycles. The van der Waals surface area contributed by atoms with Gasteiger partial charge in [0, 0.05) is 29.7 Å². The predicted octanol–water partition coefficient (Wildman–Crippen LogP) is 3.13. The fourth-order valence-electron chi connectivity index (χ4n) is 2.40. The van der Waals surface area contributed by atoms with Crippen molar-refractivity contribution >= 4 is 17.6 Å². The van der Waals surface area contributed by atoms with Gasteiger partial charge in [-0.2, -0.15) is 0 Å². The Morgan fingerprint density at radius 3 is 2.65 bits per heavy atom. The lowest BCUT2D eigenvalue weighted by molar-refractivity contribution is 0.0690. The number of nitrogens with zero attached hydrogens (tertiary/aromatic N) is 3. The molecule has 0 radical (unpaired) electrons. The van der Waals surface area contributed by atoms with E-state index in [2.05, 4.69) is 14.9 Å². The van der Waals surface area contributed by atoms with Crippen molar-refractivity contribution in [1.82, 2.24) is 14.9 Å². The fourth-order valence-corrected chi connectivity index (χ4v) is 2.62. The molecule has 1 fully saturated rings. The third-order valence-corrected chi connectivity index (χ3v) is 4.13. The molecule has 1 aromatic heterocycles. The SMILES string of the molecule is O=C(O)c1cnc(CN(Cc2c(F)cccc2Cl)C2CC2)cn1. The minimum absolute atomic E-state index is 0.0936. The van der Waals surface area contributed by atoms with Crippen LogP contribution >= 0.6 is 11.6 Å². The highest BCUT2D eigenvalue weighted by Crippen LogP contribution is 2.31. The first kappa shape index (κ1) is 15.8. The van der Waals surface area contributed by atoms with Crippen molar-refractivity contribution in [3.63, 3.8) is 0 Å². The van der Waals surface area contributed by atoms with Gasteiger partial charge in [0.15, 0.2) is 5.69 Å². The average molecular weight is 336 g/mol. The number of aromatic nitrogens is 2. The maximum atomic E-state index is 14.0. The average Bonchev–Trinajstić information content (AvgIpc) is 3.35. The van der Waals surface area contributed by atoms with E-state index in [9.17, 15) is 9.18 Å². The van der Waals surface area contributed by atoms with Crippen LogP contribution in [0.1, 0.15) is 34.6 Å². The molecule has 1 aliphatic carbocycles. The Morgan fingerprint density at radius 2 is 2.09 bits per heavy atom. The first-order valence-electron chi connectivity index (χ1n) is 7.25. The number of hydrogen-bond donors (Lipinski definition) is 1. The van der Waals surface area contributed by atoms with Crippen LogP contribution in [0.4, 0.5) is 4.39 Å². The lowest BCUT2D eigenvalue weighted by atomic mass is 10.2. The molecule has 1 aliphatic rings. The van der Waals surface area contributed by atoms with E-state index in [0.29, 0.717) is 35.4 Å². The van der Waals surface area contributed by atoms with Crippen molar-refractivity contribution in [2.75, 3.05) is 0 Å². The Morgan fingerprint density at radius 1 is 1.30 bits per heavy atom. The van der Waals surface area contributed by atoms with Crippen LogP contribution in [0.15, 0.2) is 30.6 Å². The second-order valence-corrected chi connectivity index (χ2v) is 5.94. The molecule has 23 heavy (non-hydrogen) atoms. The monoisotopic (exact) mass is 335 g/mol. The molecule has 7 heteroatoms. The van der Waals surface area contributed by atoms with E-state index in [1.54, 1.807) is 12.1 Å². The zero-order valence-electron chi connectivity index (χ0n) is 12.2. The fraction of sp³-hybridized carbons (Fsp3) is 0.312. The largest absolute Gasteiger partial charge is 0.476 e. The molecule has 2 aromatic rings. The first-order valence-corrected chi connectivity index (χ1v) is 7.63. The third-order valence-electron chi connectivity index (χ3n) is 3.78. The van der Waals surface area contributed by atoms with E-state index in [-0.39, 0.29) is 11.5 Å². The Kier molecular flexibility index (Phi) is 4.54. The summed E-state index contributed by atoms with van der Waals surface area (Å²) in [6.07, 6.45) is 4.78. The van der Waals surface area contributed by atoms with Crippen molar-refractivity contribution in [3.8, 4) is 0 Å². The van der Waals surface area contributed by atoms with Crippen LogP contribution in [0.3, 0.4) is 0 Å². The van der Waals surface area contributed by atoms with Crippen LogP contribution in [0.5, 0.6) is 0 Å². The number of benzene rings is 1. The molecule has 0 bridgehead atoms. The topological polar surface area (TPSA) is 66.3 Å². The van der Waals surface area contributed by atoms with Crippen molar-refractivity contribution in [3.05, 3.63) is 58.4 Å². The summed E-state index contributed by atoms with van der Waals surface area (Å²) in [7, 11) is 0. The van der Waals surface area contributed by atoms with Gasteiger partial charge in [0.05, 0.1) is 18.1 Å². The highest BCUT2D eigenvalue weighted by molar-refractivity contribution is 6.31. The first-order chi connectivity index (χ1) is 11.0. The number of hydrogen-bond acceptors (Lipinski definition) is 4. The second-order valence-electron chi connectivity index (χ2n) is 5.53. The molecule has 0 aliphatic heterocycles. The summed E-state index contributed by atoms with van der Waals surface area (Å²) >= 11 is 6.10. The Hall–Kier alpha value is -2.05. The van der Waals surface area contributed by atoms with Gasteiger partial charge in [-0.15, -0.1) is 0 Å². The molecule has 0 unspecified atom stereocenters. The van der Waals surface area contributed by atoms with E-state index >= 15 is 0 Å². The molecule has 0 spiro atoms. The van der Waals surface area contributed by atoms with Gasteiger partial charge in [-0.1, -0.05) is 17.7 Å². The minimum atomic E-state index is -1.11. The number of carboxylic acids is 1. The van der Waals surface area contributed by atoms with Gasteiger partial charge >= 0.3 is 5.97 Å². The molecule has 0 amide bonds. The summed E-state index contributed by atoms with van der Waals surface area (Å²) in [6.45, 7) is 0.862. The zero-order chi connectivity index (χ0) is 16.4. The molecular weight excluding hydrogens is 321 g/mol. The van der Waals surface area contributed by atoms with E-state index in [1.807, 2.05) is 0 Å². The third kappa shape index (κ3) is 3.83. The second kappa shape index (κ2) is 6.60. The molecular formula is C16H15ClFN3O2. The summed E-state index contributed by atoms with van der Waals surface area (Å²) < 4.78 is 14.0. The number of rotatable bonds is 6. The smallest absolute Gasteiger partial charge is 0.356 e. The minimum Gasteiger partial charge on any atom is -0.476 e. The molecule has 1 N–H and O–H groups in total. The lowest BCUT2D eigenvalue weighted by Gasteiger charge is -2.22. The number of carbonyl (C=O) groups is 1. The molecule has 1 aromatic carbocycles. The highest BCUT2D eigenvalue weighted by atomic mass is 35.5. The number of halogens is 2. The molecule has 3 rings (SSSR count). The van der Waals surface area contributed by atoms with Crippen molar-refractivity contribution in [2.45, 2.75) is 32.0 Å². The zero-order valence-corrected chi connectivity index (χ0v) is 13.0. The summed E-state index contributed by atoms with van der Waals surface area (Å²) in [5.41, 5.74) is 1.02. The van der Waals surface area contributed by atoms with Gasteiger partial charge in [-0.25, -0.2) is 14.2 Å². The van der Waals surface area contributed by atoms with E-state index in [1.165, 1.54) is 18.5 Å². The number of aromatic carboxylic acids is 1. The standard InChI is InChI=1S/C16H15ClFN3O2/c17-13-2-1-3-14(18)12(13)9-21(11-4-5-11)8-10-6-20-15(7-19-10)16(22)23/h1-3,6-7,11H,4-5,8-9H2,(H,22,23). The maximum Gasteiger partial charge on any atom is 0.356 e. The summed E-state index contributed by atoms with van der Waals surface area (Å²) in [5.74, 6) is -1.43. The molecule has 120 valence electrons. The van der Waals surface area contributed by atoms with Crippen LogP contribution in [-0.4, -0.2) is 32.0 Å². The van der Waals surface area contributed by atoms with E-state index < -0.39 is 5.97 Å². The summed E-state index contributed by atoms with van der Waals surface area (Å²) in [4.78, 5) is 20.9.